The molecule has 0 aliphatic carbocycles. The summed E-state index contributed by atoms with van der Waals surface area (Å²) in [5, 5.41) is 3.57. The van der Waals surface area contributed by atoms with Gasteiger partial charge in [-0.3, -0.25) is 9.88 Å². The molecule has 3 nitrogen and oxygen atoms in total. The van der Waals surface area contributed by atoms with Gasteiger partial charge in [-0.2, -0.15) is 0 Å². The van der Waals surface area contributed by atoms with Gasteiger partial charge in [0.1, 0.15) is 0 Å². The molecule has 1 rings (SSSR count). The minimum absolute atomic E-state index is 0.557. The van der Waals surface area contributed by atoms with E-state index in [0.29, 0.717) is 17.9 Å². The lowest BCUT2D eigenvalue weighted by Gasteiger charge is -2.32. The van der Waals surface area contributed by atoms with Gasteiger partial charge in [-0.15, -0.1) is 0 Å². The fourth-order valence-electron chi connectivity index (χ4n) is 2.37. The first-order valence-corrected chi connectivity index (χ1v) is 7.89. The predicted octanol–water partition coefficient (Wildman–Crippen LogP) is 3.17. The summed E-state index contributed by atoms with van der Waals surface area (Å²) in [6, 6.07) is 6.70. The first-order valence-electron chi connectivity index (χ1n) is 7.89. The van der Waals surface area contributed by atoms with Gasteiger partial charge in [0.15, 0.2) is 0 Å². The van der Waals surface area contributed by atoms with Gasteiger partial charge in [-0.05, 0) is 50.5 Å². The van der Waals surface area contributed by atoms with Gasteiger partial charge < -0.3 is 5.32 Å². The highest BCUT2D eigenvalue weighted by atomic mass is 15.2. The summed E-state index contributed by atoms with van der Waals surface area (Å²) in [6.07, 6.45) is 1.88. The zero-order chi connectivity index (χ0) is 15.0. The van der Waals surface area contributed by atoms with Gasteiger partial charge in [0.25, 0.3) is 0 Å². The molecule has 3 heteroatoms. The summed E-state index contributed by atoms with van der Waals surface area (Å²) in [5.74, 6) is 1.35. The number of nitrogens with zero attached hydrogens (tertiary/aromatic N) is 2. The number of hydrogen-bond donors (Lipinski definition) is 1. The average Bonchev–Trinajstić information content (AvgIpc) is 2.44. The van der Waals surface area contributed by atoms with Crippen molar-refractivity contribution in [1.82, 2.24) is 15.2 Å². The molecule has 0 bridgehead atoms. The number of pyridine rings is 1. The summed E-state index contributed by atoms with van der Waals surface area (Å²) in [7, 11) is 0. The first-order chi connectivity index (χ1) is 9.54. The molecule has 0 amide bonds. The molecule has 1 heterocycles. The second-order valence-electron chi connectivity index (χ2n) is 6.15. The lowest BCUT2D eigenvalue weighted by molar-refractivity contribution is 0.157. The third kappa shape index (κ3) is 6.02. The van der Waals surface area contributed by atoms with Gasteiger partial charge in [-0.25, -0.2) is 0 Å². The zero-order valence-electron chi connectivity index (χ0n) is 13.8. The number of aromatic nitrogens is 1. The van der Waals surface area contributed by atoms with Crippen LogP contribution in [0.3, 0.4) is 0 Å². The molecule has 0 aromatic carbocycles. The van der Waals surface area contributed by atoms with Gasteiger partial charge >= 0.3 is 0 Å². The monoisotopic (exact) mass is 277 g/mol. The summed E-state index contributed by atoms with van der Waals surface area (Å²) in [5.41, 5.74) is 1.16. The van der Waals surface area contributed by atoms with Crippen LogP contribution in [0.15, 0.2) is 24.4 Å². The molecule has 0 aliphatic heterocycles. The van der Waals surface area contributed by atoms with Crippen LogP contribution < -0.4 is 5.32 Å². The van der Waals surface area contributed by atoms with Crippen molar-refractivity contribution in [3.8, 4) is 0 Å². The van der Waals surface area contributed by atoms with E-state index in [-0.39, 0.29) is 0 Å². The number of hydrogen-bond acceptors (Lipinski definition) is 3. The van der Waals surface area contributed by atoms with Crippen molar-refractivity contribution in [1.29, 1.82) is 0 Å². The predicted molar refractivity (Wildman–Crippen MR) is 86.7 cm³/mol. The third-order valence-electron chi connectivity index (χ3n) is 3.92. The van der Waals surface area contributed by atoms with Crippen LogP contribution in [0.1, 0.15) is 40.3 Å². The van der Waals surface area contributed by atoms with Crippen LogP contribution in [-0.4, -0.2) is 35.6 Å². The van der Waals surface area contributed by atoms with Crippen LogP contribution in [0, 0.1) is 11.8 Å². The van der Waals surface area contributed by atoms with Crippen molar-refractivity contribution in [2.24, 2.45) is 11.8 Å². The van der Waals surface area contributed by atoms with Crippen molar-refractivity contribution in [3.63, 3.8) is 0 Å². The molecule has 2 unspecified atom stereocenters. The molecule has 0 radical (unpaired) electrons. The number of nitrogens with one attached hydrogen (secondary N) is 1. The molecular formula is C17H31N3. The highest BCUT2D eigenvalue weighted by molar-refractivity contribution is 5.03. The quantitative estimate of drug-likeness (QED) is 0.751. The van der Waals surface area contributed by atoms with E-state index in [1.807, 2.05) is 12.3 Å². The Morgan fingerprint density at radius 1 is 1.15 bits per heavy atom. The molecule has 1 aromatic heterocycles. The molecule has 0 fully saturated rings. The van der Waals surface area contributed by atoms with Crippen LogP contribution in [0.4, 0.5) is 0 Å². The minimum Gasteiger partial charge on any atom is -0.316 e. The maximum absolute atomic E-state index is 4.44. The fourth-order valence-corrected chi connectivity index (χ4v) is 2.37. The van der Waals surface area contributed by atoms with Crippen molar-refractivity contribution in [3.05, 3.63) is 30.1 Å². The SMILES string of the molecule is CCN(Cc1ccccn1)C(C)C(C)CNCC(C)C. The van der Waals surface area contributed by atoms with Crippen molar-refractivity contribution < 1.29 is 0 Å². The Balaban J connectivity index is 2.47. The van der Waals surface area contributed by atoms with Gasteiger partial charge in [0.05, 0.1) is 5.69 Å². The standard InChI is InChI=1S/C17H31N3/c1-6-20(13-17-9-7-8-10-19-17)16(5)15(4)12-18-11-14(2)3/h7-10,14-16,18H,6,11-13H2,1-5H3. The molecule has 114 valence electrons. The minimum atomic E-state index is 0.557. The van der Waals surface area contributed by atoms with E-state index in [2.05, 4.69) is 62.0 Å². The van der Waals surface area contributed by atoms with Crippen LogP contribution >= 0.6 is 0 Å². The van der Waals surface area contributed by atoms with Crippen LogP contribution in [0.2, 0.25) is 0 Å². The molecule has 0 saturated carbocycles. The second kappa shape index (κ2) is 9.09. The van der Waals surface area contributed by atoms with E-state index in [9.17, 15) is 0 Å². The third-order valence-corrected chi connectivity index (χ3v) is 3.92. The lowest BCUT2D eigenvalue weighted by atomic mass is 10.0. The molecule has 0 aliphatic rings. The molecular weight excluding hydrogens is 246 g/mol. The van der Waals surface area contributed by atoms with E-state index < -0.39 is 0 Å². The fraction of sp³-hybridized carbons (Fsp3) is 0.706. The van der Waals surface area contributed by atoms with Crippen LogP contribution in [0.25, 0.3) is 0 Å². The van der Waals surface area contributed by atoms with E-state index >= 15 is 0 Å². The lowest BCUT2D eigenvalue weighted by Crippen LogP contribution is -2.41. The van der Waals surface area contributed by atoms with E-state index in [0.717, 1.165) is 31.9 Å². The molecule has 0 saturated heterocycles. The van der Waals surface area contributed by atoms with Crippen LogP contribution in [0.5, 0.6) is 0 Å². The van der Waals surface area contributed by atoms with Gasteiger partial charge in [0.2, 0.25) is 0 Å². The van der Waals surface area contributed by atoms with Gasteiger partial charge in [0, 0.05) is 18.8 Å². The average molecular weight is 277 g/mol. The Labute approximate surface area is 124 Å². The van der Waals surface area contributed by atoms with E-state index in [1.54, 1.807) is 0 Å². The highest BCUT2D eigenvalue weighted by Crippen LogP contribution is 2.13. The molecule has 1 N–H and O–H groups in total. The summed E-state index contributed by atoms with van der Waals surface area (Å²) in [4.78, 5) is 6.94. The highest BCUT2D eigenvalue weighted by Gasteiger charge is 2.19. The van der Waals surface area contributed by atoms with Gasteiger partial charge in [-0.1, -0.05) is 33.8 Å². The second-order valence-corrected chi connectivity index (χ2v) is 6.15. The van der Waals surface area contributed by atoms with Crippen molar-refractivity contribution in [2.75, 3.05) is 19.6 Å². The topological polar surface area (TPSA) is 28.2 Å². The van der Waals surface area contributed by atoms with Crippen molar-refractivity contribution >= 4 is 0 Å². The Morgan fingerprint density at radius 2 is 1.90 bits per heavy atom. The van der Waals surface area contributed by atoms with E-state index in [4.69, 9.17) is 0 Å². The maximum atomic E-state index is 4.44. The summed E-state index contributed by atoms with van der Waals surface area (Å²) < 4.78 is 0. The molecule has 2 atom stereocenters. The molecule has 1 aromatic rings. The Kier molecular flexibility index (Phi) is 7.78. The van der Waals surface area contributed by atoms with Crippen molar-refractivity contribution in [2.45, 2.75) is 47.2 Å². The Hall–Kier alpha value is -0.930. The smallest absolute Gasteiger partial charge is 0.0544 e. The van der Waals surface area contributed by atoms with Crippen LogP contribution in [-0.2, 0) is 6.54 Å². The summed E-state index contributed by atoms with van der Waals surface area (Å²) in [6.45, 7) is 15.6. The Bertz CT molecular complexity index is 351. The maximum Gasteiger partial charge on any atom is 0.0544 e. The molecule has 0 spiro atoms. The Morgan fingerprint density at radius 3 is 2.45 bits per heavy atom. The number of rotatable bonds is 9. The normalized spacial score (nSPS) is 14.8. The first kappa shape index (κ1) is 17.1. The largest absolute Gasteiger partial charge is 0.316 e. The molecule has 20 heavy (non-hydrogen) atoms. The zero-order valence-corrected chi connectivity index (χ0v) is 13.8. The van der Waals surface area contributed by atoms with E-state index in [1.165, 1.54) is 0 Å². The summed E-state index contributed by atoms with van der Waals surface area (Å²) >= 11 is 0.